The van der Waals surface area contributed by atoms with Gasteiger partial charge in [0.1, 0.15) is 5.75 Å². The van der Waals surface area contributed by atoms with Gasteiger partial charge < -0.3 is 9.64 Å². The summed E-state index contributed by atoms with van der Waals surface area (Å²) in [5, 5.41) is 6.81. The number of hydrogen-bond acceptors (Lipinski definition) is 3. The third kappa shape index (κ3) is 4.09. The highest BCUT2D eigenvalue weighted by Gasteiger charge is 2.25. The van der Waals surface area contributed by atoms with E-state index in [4.69, 9.17) is 4.74 Å². The van der Waals surface area contributed by atoms with Gasteiger partial charge in [0, 0.05) is 36.3 Å². The summed E-state index contributed by atoms with van der Waals surface area (Å²) < 4.78 is 6.03. The van der Waals surface area contributed by atoms with Crippen LogP contribution in [-0.2, 0) is 0 Å². The van der Waals surface area contributed by atoms with Gasteiger partial charge in [0.15, 0.2) is 0 Å². The Kier molecular flexibility index (Phi) is 5.42. The first-order valence-electron chi connectivity index (χ1n) is 9.77. The zero-order valence-electron chi connectivity index (χ0n) is 16.1. The number of H-pyrrole nitrogens is 1. The number of nitrogens with one attached hydrogen (secondary N) is 1. The zero-order valence-corrected chi connectivity index (χ0v) is 16.1. The number of carbonyl (C=O) groups excluding carboxylic acids is 1. The van der Waals surface area contributed by atoms with Gasteiger partial charge in [-0.1, -0.05) is 30.3 Å². The number of amides is 1. The van der Waals surface area contributed by atoms with Gasteiger partial charge in [-0.15, -0.1) is 0 Å². The van der Waals surface area contributed by atoms with Gasteiger partial charge in [-0.3, -0.25) is 9.89 Å². The smallest absolute Gasteiger partial charge is 0.253 e. The van der Waals surface area contributed by atoms with Crippen LogP contribution in [0.15, 0.2) is 60.9 Å². The summed E-state index contributed by atoms with van der Waals surface area (Å²) in [6.45, 7) is 4.24. The molecule has 1 aromatic heterocycles. The number of hydrogen-bond donors (Lipinski definition) is 1. The highest BCUT2D eigenvalue weighted by atomic mass is 16.5. The van der Waals surface area contributed by atoms with E-state index in [-0.39, 0.29) is 5.91 Å². The summed E-state index contributed by atoms with van der Waals surface area (Å²) in [7, 11) is 0. The topological polar surface area (TPSA) is 58.2 Å². The van der Waals surface area contributed by atoms with Crippen molar-refractivity contribution in [3.05, 3.63) is 72.1 Å². The molecule has 0 spiro atoms. The molecule has 144 valence electrons. The Morgan fingerprint density at radius 1 is 1.21 bits per heavy atom. The Labute approximate surface area is 165 Å². The lowest BCUT2D eigenvalue weighted by atomic mass is 9.97. The van der Waals surface area contributed by atoms with Crippen molar-refractivity contribution in [1.82, 2.24) is 15.1 Å². The molecule has 5 heteroatoms. The molecule has 1 amide bonds. The van der Waals surface area contributed by atoms with Gasteiger partial charge >= 0.3 is 0 Å². The summed E-state index contributed by atoms with van der Waals surface area (Å²) in [5.74, 6) is 1.37. The van der Waals surface area contributed by atoms with Crippen LogP contribution in [0.5, 0.6) is 5.75 Å². The Morgan fingerprint density at radius 2 is 2.11 bits per heavy atom. The fourth-order valence-electron chi connectivity index (χ4n) is 3.73. The molecular formula is C23H25N3O2. The van der Waals surface area contributed by atoms with E-state index >= 15 is 0 Å². The van der Waals surface area contributed by atoms with Gasteiger partial charge in [-0.05, 0) is 49.1 Å². The van der Waals surface area contributed by atoms with Crippen LogP contribution in [0.4, 0.5) is 0 Å². The van der Waals surface area contributed by atoms with Crippen molar-refractivity contribution < 1.29 is 9.53 Å². The minimum Gasteiger partial charge on any atom is -0.493 e. The number of aromatic nitrogens is 2. The lowest BCUT2D eigenvalue weighted by Crippen LogP contribution is -2.41. The summed E-state index contributed by atoms with van der Waals surface area (Å²) in [4.78, 5) is 15.0. The Hall–Kier alpha value is -3.08. The predicted octanol–water partition coefficient (Wildman–Crippen LogP) is 4.32. The lowest BCUT2D eigenvalue weighted by molar-refractivity contribution is 0.0633. The molecular weight excluding hydrogens is 350 g/mol. The molecule has 1 aliphatic rings. The van der Waals surface area contributed by atoms with Crippen LogP contribution in [-0.4, -0.2) is 40.7 Å². The molecule has 5 nitrogen and oxygen atoms in total. The number of aryl methyl sites for hydroxylation is 1. The normalized spacial score (nSPS) is 16.8. The molecule has 1 unspecified atom stereocenters. The average molecular weight is 375 g/mol. The molecule has 0 aliphatic carbocycles. The molecule has 0 saturated carbocycles. The summed E-state index contributed by atoms with van der Waals surface area (Å²) >= 11 is 0. The van der Waals surface area contributed by atoms with Crippen molar-refractivity contribution in [3.8, 4) is 16.9 Å². The van der Waals surface area contributed by atoms with Crippen molar-refractivity contribution in [3.63, 3.8) is 0 Å². The molecule has 0 bridgehead atoms. The third-order valence-corrected chi connectivity index (χ3v) is 5.32. The van der Waals surface area contributed by atoms with E-state index in [1.54, 1.807) is 6.20 Å². The SMILES string of the molecule is Cc1ccccc1OCC1CCCN(C(=O)c2cccc(-c3cn[nH]c3)c2)C1. The summed E-state index contributed by atoms with van der Waals surface area (Å²) in [6.07, 6.45) is 5.70. The minimum atomic E-state index is 0.0888. The van der Waals surface area contributed by atoms with Crippen LogP contribution in [0.2, 0.25) is 0 Å². The van der Waals surface area contributed by atoms with E-state index in [0.29, 0.717) is 12.5 Å². The molecule has 2 heterocycles. The minimum absolute atomic E-state index is 0.0888. The van der Waals surface area contributed by atoms with E-state index in [9.17, 15) is 4.79 Å². The number of para-hydroxylation sites is 1. The second kappa shape index (κ2) is 8.30. The van der Waals surface area contributed by atoms with Crippen molar-refractivity contribution in [2.75, 3.05) is 19.7 Å². The van der Waals surface area contributed by atoms with Crippen LogP contribution in [0.25, 0.3) is 11.1 Å². The molecule has 1 aliphatic heterocycles. The largest absolute Gasteiger partial charge is 0.493 e. The molecule has 28 heavy (non-hydrogen) atoms. The summed E-state index contributed by atoms with van der Waals surface area (Å²) in [6, 6.07) is 15.8. The molecule has 1 N–H and O–H groups in total. The van der Waals surface area contributed by atoms with Crippen LogP contribution in [0.3, 0.4) is 0 Å². The molecule has 1 saturated heterocycles. The van der Waals surface area contributed by atoms with Gasteiger partial charge in [-0.25, -0.2) is 0 Å². The number of ether oxygens (including phenoxy) is 1. The number of carbonyl (C=O) groups is 1. The number of aromatic amines is 1. The first-order valence-corrected chi connectivity index (χ1v) is 9.77. The maximum atomic E-state index is 13.1. The van der Waals surface area contributed by atoms with Crippen LogP contribution in [0, 0.1) is 12.8 Å². The van der Waals surface area contributed by atoms with E-state index in [1.807, 2.05) is 53.6 Å². The molecule has 3 aromatic rings. The highest BCUT2D eigenvalue weighted by Crippen LogP contribution is 2.24. The number of rotatable bonds is 5. The molecule has 4 rings (SSSR count). The number of piperidine rings is 1. The van der Waals surface area contributed by atoms with E-state index in [2.05, 4.69) is 23.2 Å². The fraction of sp³-hybridized carbons (Fsp3) is 0.304. The first kappa shape index (κ1) is 18.3. The molecule has 1 fully saturated rings. The molecule has 0 radical (unpaired) electrons. The summed E-state index contributed by atoms with van der Waals surface area (Å²) in [5.41, 5.74) is 3.84. The van der Waals surface area contributed by atoms with Crippen molar-refractivity contribution in [2.45, 2.75) is 19.8 Å². The maximum Gasteiger partial charge on any atom is 0.253 e. The zero-order chi connectivity index (χ0) is 19.3. The number of likely N-dealkylation sites (tertiary alicyclic amines) is 1. The van der Waals surface area contributed by atoms with E-state index in [1.165, 1.54) is 0 Å². The maximum absolute atomic E-state index is 13.1. The molecule has 2 aromatic carbocycles. The van der Waals surface area contributed by atoms with Crippen molar-refractivity contribution in [2.24, 2.45) is 5.92 Å². The van der Waals surface area contributed by atoms with Crippen LogP contribution >= 0.6 is 0 Å². The van der Waals surface area contributed by atoms with Gasteiger partial charge in [0.05, 0.1) is 12.8 Å². The monoisotopic (exact) mass is 375 g/mol. The quantitative estimate of drug-likeness (QED) is 0.723. The van der Waals surface area contributed by atoms with E-state index < -0.39 is 0 Å². The van der Waals surface area contributed by atoms with Gasteiger partial charge in [-0.2, -0.15) is 5.10 Å². The Balaban J connectivity index is 1.41. The van der Waals surface area contributed by atoms with Crippen LogP contribution < -0.4 is 4.74 Å². The highest BCUT2D eigenvalue weighted by molar-refractivity contribution is 5.95. The van der Waals surface area contributed by atoms with Gasteiger partial charge in [0.2, 0.25) is 0 Å². The average Bonchev–Trinajstić information content (AvgIpc) is 3.28. The predicted molar refractivity (Wildman–Crippen MR) is 109 cm³/mol. The first-order chi connectivity index (χ1) is 13.7. The lowest BCUT2D eigenvalue weighted by Gasteiger charge is -2.33. The van der Waals surface area contributed by atoms with Crippen LogP contribution in [0.1, 0.15) is 28.8 Å². The van der Waals surface area contributed by atoms with E-state index in [0.717, 1.165) is 53.9 Å². The standard InChI is InChI=1S/C23H25N3O2/c1-17-6-2-3-10-22(17)28-16-18-7-5-11-26(15-18)23(27)20-9-4-8-19(12-20)21-13-24-25-14-21/h2-4,6,8-10,12-14,18H,5,7,11,15-16H2,1H3,(H,24,25). The van der Waals surface area contributed by atoms with Crippen molar-refractivity contribution in [1.29, 1.82) is 0 Å². The number of nitrogens with zero attached hydrogens (tertiary/aromatic N) is 2. The third-order valence-electron chi connectivity index (χ3n) is 5.32. The Bertz CT molecular complexity index is 937. The second-order valence-electron chi connectivity index (χ2n) is 7.40. The fourth-order valence-corrected chi connectivity index (χ4v) is 3.73. The number of benzene rings is 2. The van der Waals surface area contributed by atoms with Crippen molar-refractivity contribution >= 4 is 5.91 Å². The molecule has 1 atom stereocenters. The van der Waals surface area contributed by atoms with Gasteiger partial charge in [0.25, 0.3) is 5.91 Å². The second-order valence-corrected chi connectivity index (χ2v) is 7.40. The Morgan fingerprint density at radius 3 is 2.93 bits per heavy atom.